The van der Waals surface area contributed by atoms with Gasteiger partial charge >= 0.3 is 0 Å². The van der Waals surface area contributed by atoms with Gasteiger partial charge in [0.15, 0.2) is 11.6 Å². The quantitative estimate of drug-likeness (QED) is 0.535. The monoisotopic (exact) mass is 459 g/mol. The van der Waals surface area contributed by atoms with E-state index in [9.17, 15) is 26.8 Å². The number of carbonyl (C=O) groups excluding carboxylic acids is 2. The Morgan fingerprint density at radius 3 is 2.33 bits per heavy atom. The van der Waals surface area contributed by atoms with Gasteiger partial charge in [-0.2, -0.15) is 4.31 Å². The standard InChI is InChI=1S/C18H16ClF2N3O5S/c19-14-10-16(21)15(20)9-13(14)18(26)23-22-17(25)11-2-1-3-12(8-11)30(27,28)24-4-6-29-7-5-24/h1-3,8-10H,4-7H2,(H,22,25)(H,23,26). The van der Waals surface area contributed by atoms with Crippen LogP contribution in [0.5, 0.6) is 0 Å². The van der Waals surface area contributed by atoms with Crippen LogP contribution in [0, 0.1) is 11.6 Å². The van der Waals surface area contributed by atoms with E-state index in [2.05, 4.69) is 5.43 Å². The fraction of sp³-hybridized carbons (Fsp3) is 0.222. The van der Waals surface area contributed by atoms with Gasteiger partial charge < -0.3 is 4.74 Å². The molecular formula is C18H16ClF2N3O5S. The summed E-state index contributed by atoms with van der Waals surface area (Å²) < 4.78 is 58.2. The summed E-state index contributed by atoms with van der Waals surface area (Å²) in [7, 11) is -3.82. The van der Waals surface area contributed by atoms with Crippen molar-refractivity contribution in [2.45, 2.75) is 4.90 Å². The molecule has 12 heteroatoms. The van der Waals surface area contributed by atoms with Crippen molar-refractivity contribution in [2.75, 3.05) is 26.3 Å². The minimum absolute atomic E-state index is 0.0407. The molecule has 1 heterocycles. The average molecular weight is 460 g/mol. The lowest BCUT2D eigenvalue weighted by Crippen LogP contribution is -2.42. The SMILES string of the molecule is O=C(NNC(=O)c1cc(F)c(F)cc1Cl)c1cccc(S(=O)(=O)N2CCOCC2)c1. The number of hydrogen-bond acceptors (Lipinski definition) is 5. The zero-order chi connectivity index (χ0) is 21.9. The van der Waals surface area contributed by atoms with E-state index < -0.39 is 33.5 Å². The molecule has 2 aromatic rings. The number of benzene rings is 2. The van der Waals surface area contributed by atoms with Gasteiger partial charge in [-0.25, -0.2) is 17.2 Å². The molecule has 160 valence electrons. The Hall–Kier alpha value is -2.60. The average Bonchev–Trinajstić information content (AvgIpc) is 2.75. The van der Waals surface area contributed by atoms with Gasteiger partial charge in [-0.05, 0) is 30.3 Å². The Bertz CT molecular complexity index is 1090. The molecule has 0 unspecified atom stereocenters. The molecule has 0 spiro atoms. The number of hydrazine groups is 1. The van der Waals surface area contributed by atoms with E-state index in [1.165, 1.54) is 22.5 Å². The van der Waals surface area contributed by atoms with Crippen molar-refractivity contribution in [1.29, 1.82) is 0 Å². The highest BCUT2D eigenvalue weighted by Crippen LogP contribution is 2.20. The van der Waals surface area contributed by atoms with Gasteiger partial charge in [0.2, 0.25) is 10.0 Å². The van der Waals surface area contributed by atoms with Crippen molar-refractivity contribution in [3.63, 3.8) is 0 Å². The van der Waals surface area contributed by atoms with Crippen LogP contribution in [-0.4, -0.2) is 50.8 Å². The number of halogens is 3. The number of ether oxygens (including phenoxy) is 1. The lowest BCUT2D eigenvalue weighted by molar-refractivity contribution is 0.0730. The molecule has 2 N–H and O–H groups in total. The van der Waals surface area contributed by atoms with Crippen LogP contribution >= 0.6 is 11.6 Å². The minimum Gasteiger partial charge on any atom is -0.379 e. The molecule has 0 bridgehead atoms. The van der Waals surface area contributed by atoms with Crippen LogP contribution in [0.25, 0.3) is 0 Å². The first-order valence-electron chi connectivity index (χ1n) is 8.63. The third-order valence-electron chi connectivity index (χ3n) is 4.25. The van der Waals surface area contributed by atoms with Crippen molar-refractivity contribution in [3.8, 4) is 0 Å². The lowest BCUT2D eigenvalue weighted by Gasteiger charge is -2.26. The van der Waals surface area contributed by atoms with Crippen molar-refractivity contribution < 1.29 is 31.5 Å². The number of carbonyl (C=O) groups is 2. The van der Waals surface area contributed by atoms with Gasteiger partial charge in [0.05, 0.1) is 28.7 Å². The van der Waals surface area contributed by atoms with E-state index >= 15 is 0 Å². The van der Waals surface area contributed by atoms with Gasteiger partial charge in [0.1, 0.15) is 0 Å². The number of morpholine rings is 1. The zero-order valence-electron chi connectivity index (χ0n) is 15.3. The van der Waals surface area contributed by atoms with Crippen LogP contribution in [0.2, 0.25) is 5.02 Å². The Balaban J connectivity index is 1.71. The number of rotatable bonds is 4. The smallest absolute Gasteiger partial charge is 0.271 e. The van der Waals surface area contributed by atoms with Gasteiger partial charge in [-0.15, -0.1) is 0 Å². The zero-order valence-corrected chi connectivity index (χ0v) is 16.9. The first kappa shape index (κ1) is 22.1. The summed E-state index contributed by atoms with van der Waals surface area (Å²) in [6.07, 6.45) is 0. The molecular weight excluding hydrogens is 444 g/mol. The third-order valence-corrected chi connectivity index (χ3v) is 6.46. The maximum absolute atomic E-state index is 13.3. The van der Waals surface area contributed by atoms with Gasteiger partial charge in [0, 0.05) is 18.7 Å². The third kappa shape index (κ3) is 4.75. The molecule has 2 aromatic carbocycles. The molecule has 0 saturated carbocycles. The van der Waals surface area contributed by atoms with Crippen LogP contribution in [0.15, 0.2) is 41.3 Å². The highest BCUT2D eigenvalue weighted by Gasteiger charge is 2.27. The van der Waals surface area contributed by atoms with Crippen LogP contribution in [-0.2, 0) is 14.8 Å². The second-order valence-corrected chi connectivity index (χ2v) is 8.54. The number of nitrogens with zero attached hydrogens (tertiary/aromatic N) is 1. The van der Waals surface area contributed by atoms with E-state index in [-0.39, 0.29) is 47.3 Å². The van der Waals surface area contributed by atoms with E-state index in [4.69, 9.17) is 16.3 Å². The molecule has 1 aliphatic heterocycles. The Morgan fingerprint density at radius 2 is 1.63 bits per heavy atom. The molecule has 1 saturated heterocycles. The van der Waals surface area contributed by atoms with Crippen LogP contribution in [0.4, 0.5) is 8.78 Å². The molecule has 0 aromatic heterocycles. The molecule has 8 nitrogen and oxygen atoms in total. The normalized spacial score (nSPS) is 14.9. The fourth-order valence-corrected chi connectivity index (χ4v) is 4.37. The summed E-state index contributed by atoms with van der Waals surface area (Å²) >= 11 is 5.71. The van der Waals surface area contributed by atoms with Crippen LogP contribution in [0.1, 0.15) is 20.7 Å². The summed E-state index contributed by atoms with van der Waals surface area (Å²) in [5, 5.41) is -0.348. The Labute approximate surface area is 175 Å². The number of amides is 2. The largest absolute Gasteiger partial charge is 0.379 e. The Kier molecular flexibility index (Phi) is 6.66. The lowest BCUT2D eigenvalue weighted by atomic mass is 10.2. The van der Waals surface area contributed by atoms with E-state index in [0.29, 0.717) is 12.1 Å². The maximum Gasteiger partial charge on any atom is 0.271 e. The molecule has 0 radical (unpaired) electrons. The van der Waals surface area contributed by atoms with Crippen LogP contribution in [0.3, 0.4) is 0 Å². The molecule has 30 heavy (non-hydrogen) atoms. The molecule has 1 aliphatic rings. The summed E-state index contributed by atoms with van der Waals surface area (Å²) in [4.78, 5) is 24.3. The van der Waals surface area contributed by atoms with E-state index in [0.717, 1.165) is 6.07 Å². The second-order valence-electron chi connectivity index (χ2n) is 6.20. The molecule has 3 rings (SSSR count). The maximum atomic E-state index is 13.3. The number of nitrogens with one attached hydrogen (secondary N) is 2. The van der Waals surface area contributed by atoms with Crippen molar-refractivity contribution in [1.82, 2.24) is 15.2 Å². The molecule has 1 fully saturated rings. The molecule has 2 amide bonds. The number of sulfonamides is 1. The number of hydrogen-bond donors (Lipinski definition) is 2. The first-order chi connectivity index (χ1) is 14.2. The topological polar surface area (TPSA) is 105 Å². The van der Waals surface area contributed by atoms with Crippen molar-refractivity contribution in [2.24, 2.45) is 0 Å². The van der Waals surface area contributed by atoms with Crippen molar-refractivity contribution >= 4 is 33.4 Å². The molecule has 0 atom stereocenters. The fourth-order valence-electron chi connectivity index (χ4n) is 2.68. The summed E-state index contributed by atoms with van der Waals surface area (Å²) in [6.45, 7) is 0.948. The van der Waals surface area contributed by atoms with Gasteiger partial charge in [-0.1, -0.05) is 17.7 Å². The van der Waals surface area contributed by atoms with E-state index in [1.54, 1.807) is 0 Å². The van der Waals surface area contributed by atoms with Gasteiger partial charge in [0.25, 0.3) is 11.8 Å². The Morgan fingerprint density at radius 1 is 1.00 bits per heavy atom. The van der Waals surface area contributed by atoms with Crippen molar-refractivity contribution in [3.05, 3.63) is 64.2 Å². The minimum atomic E-state index is -3.82. The first-order valence-corrected chi connectivity index (χ1v) is 10.4. The highest BCUT2D eigenvalue weighted by atomic mass is 35.5. The van der Waals surface area contributed by atoms with E-state index in [1.807, 2.05) is 5.43 Å². The summed E-state index contributed by atoms with van der Waals surface area (Å²) in [5.41, 5.74) is 3.66. The highest BCUT2D eigenvalue weighted by molar-refractivity contribution is 7.89. The molecule has 0 aliphatic carbocycles. The van der Waals surface area contributed by atoms with Gasteiger partial charge in [-0.3, -0.25) is 20.4 Å². The summed E-state index contributed by atoms with van der Waals surface area (Å²) in [5.74, 6) is -4.30. The summed E-state index contributed by atoms with van der Waals surface area (Å²) in [6, 6.07) is 6.47. The second kappa shape index (κ2) is 9.04. The van der Waals surface area contributed by atoms with Crippen LogP contribution < -0.4 is 10.9 Å². The predicted molar refractivity (Wildman–Crippen MR) is 102 cm³/mol. The predicted octanol–water partition coefficient (Wildman–Crippen LogP) is 1.71.